The maximum absolute atomic E-state index is 12.7. The topological polar surface area (TPSA) is 106 Å². The molecular weight excluding hydrogens is 510 g/mol. The fourth-order valence-electron chi connectivity index (χ4n) is 3.80. The van der Waals surface area contributed by atoms with Gasteiger partial charge in [0.2, 0.25) is 0 Å². The average Bonchev–Trinajstić information content (AvgIpc) is 2.93. The van der Waals surface area contributed by atoms with Crippen molar-refractivity contribution in [2.24, 2.45) is 0 Å². The maximum atomic E-state index is 12.7. The van der Waals surface area contributed by atoms with Gasteiger partial charge in [-0.05, 0) is 68.3 Å². The highest BCUT2D eigenvalue weighted by Crippen LogP contribution is 2.11. The smallest absolute Gasteiger partial charge is 0.407 e. The first kappa shape index (κ1) is 30.4. The van der Waals surface area contributed by atoms with Gasteiger partial charge in [0.25, 0.3) is 5.91 Å². The second-order valence-corrected chi connectivity index (χ2v) is 10.2. The van der Waals surface area contributed by atoms with Gasteiger partial charge in [-0.25, -0.2) is 9.59 Å². The highest BCUT2D eigenvalue weighted by atomic mass is 16.6. The lowest BCUT2D eigenvalue weighted by molar-refractivity contribution is -0.142. The summed E-state index contributed by atoms with van der Waals surface area (Å²) in [5.41, 5.74) is 2.71. The molecule has 0 aromatic heterocycles. The predicted octanol–water partition coefficient (Wildman–Crippen LogP) is 3.38. The summed E-state index contributed by atoms with van der Waals surface area (Å²) in [6, 6.07) is 14.0. The van der Waals surface area contributed by atoms with Crippen molar-refractivity contribution in [3.8, 4) is 11.8 Å². The molecule has 3 rings (SSSR count). The summed E-state index contributed by atoms with van der Waals surface area (Å²) in [4.78, 5) is 39.1. The number of nitrogens with one attached hydrogen (secondary N) is 2. The molecule has 1 aliphatic heterocycles. The lowest BCUT2D eigenvalue weighted by Crippen LogP contribution is -2.49. The molecule has 1 fully saturated rings. The third-order valence-electron chi connectivity index (χ3n) is 5.85. The number of methoxy groups -OCH3 is 1. The Kier molecular flexibility index (Phi) is 11.3. The largest absolute Gasteiger partial charge is 0.467 e. The normalized spacial score (nSPS) is 14.5. The number of amides is 2. The number of nitrogens with zero attached hydrogens (tertiary/aromatic N) is 1. The SMILES string of the molecule is COC(=O)[C@H](CNC(=O)OC(C)(C)C)NC(=O)c1ccc(C#C/C=C\c2ccc(CN3CCOCC3)cc2)cc1. The Morgan fingerprint density at radius 3 is 2.35 bits per heavy atom. The van der Waals surface area contributed by atoms with Gasteiger partial charge in [-0.15, -0.1) is 0 Å². The molecular formula is C31H37N3O6. The quantitative estimate of drug-likeness (QED) is 0.386. The summed E-state index contributed by atoms with van der Waals surface area (Å²) < 4.78 is 15.3. The van der Waals surface area contributed by atoms with Crippen LogP contribution in [-0.2, 0) is 25.5 Å². The summed E-state index contributed by atoms with van der Waals surface area (Å²) in [5, 5.41) is 5.05. The predicted molar refractivity (Wildman–Crippen MR) is 152 cm³/mol. The first-order chi connectivity index (χ1) is 19.1. The third kappa shape index (κ3) is 10.6. The monoisotopic (exact) mass is 547 g/mol. The number of hydrogen-bond donors (Lipinski definition) is 2. The van der Waals surface area contributed by atoms with Crippen LogP contribution in [0, 0.1) is 11.8 Å². The molecule has 9 nitrogen and oxygen atoms in total. The number of carbonyl (C=O) groups excluding carboxylic acids is 3. The first-order valence-corrected chi connectivity index (χ1v) is 13.2. The molecule has 2 aromatic carbocycles. The number of morpholine rings is 1. The van der Waals surface area contributed by atoms with E-state index in [2.05, 4.69) is 51.6 Å². The van der Waals surface area contributed by atoms with Crippen molar-refractivity contribution in [2.45, 2.75) is 39.0 Å². The number of carbonyl (C=O) groups is 3. The molecule has 40 heavy (non-hydrogen) atoms. The zero-order valence-corrected chi connectivity index (χ0v) is 23.5. The third-order valence-corrected chi connectivity index (χ3v) is 5.85. The van der Waals surface area contributed by atoms with Crippen LogP contribution in [0.25, 0.3) is 6.08 Å². The summed E-state index contributed by atoms with van der Waals surface area (Å²) in [6.07, 6.45) is 3.04. The Hall–Kier alpha value is -4.13. The van der Waals surface area contributed by atoms with Crippen molar-refractivity contribution >= 4 is 24.0 Å². The van der Waals surface area contributed by atoms with E-state index in [0.717, 1.165) is 44.0 Å². The van der Waals surface area contributed by atoms with Crippen LogP contribution in [-0.4, -0.2) is 74.5 Å². The fourth-order valence-corrected chi connectivity index (χ4v) is 3.80. The number of hydrogen-bond acceptors (Lipinski definition) is 7. The molecule has 0 spiro atoms. The van der Waals surface area contributed by atoms with Crippen molar-refractivity contribution in [1.82, 2.24) is 15.5 Å². The van der Waals surface area contributed by atoms with Crippen LogP contribution in [0.4, 0.5) is 4.79 Å². The van der Waals surface area contributed by atoms with E-state index < -0.39 is 29.6 Å². The maximum Gasteiger partial charge on any atom is 0.407 e. The Bertz CT molecular complexity index is 1230. The molecule has 9 heteroatoms. The fraction of sp³-hybridized carbons (Fsp3) is 0.387. The second kappa shape index (κ2) is 14.9. The molecule has 1 heterocycles. The van der Waals surface area contributed by atoms with Crippen LogP contribution in [0.2, 0.25) is 0 Å². The summed E-state index contributed by atoms with van der Waals surface area (Å²) in [5.74, 6) is 4.88. The number of rotatable bonds is 8. The van der Waals surface area contributed by atoms with Gasteiger partial charge in [-0.3, -0.25) is 9.69 Å². The molecule has 2 aromatic rings. The average molecular weight is 548 g/mol. The second-order valence-electron chi connectivity index (χ2n) is 10.2. The van der Waals surface area contributed by atoms with Crippen molar-refractivity contribution in [3.63, 3.8) is 0 Å². The van der Waals surface area contributed by atoms with Crippen molar-refractivity contribution in [2.75, 3.05) is 40.0 Å². The number of benzene rings is 2. The number of ether oxygens (including phenoxy) is 3. The highest BCUT2D eigenvalue weighted by Gasteiger charge is 2.24. The Morgan fingerprint density at radius 2 is 1.73 bits per heavy atom. The Morgan fingerprint density at radius 1 is 1.05 bits per heavy atom. The van der Waals surface area contributed by atoms with Crippen LogP contribution in [0.1, 0.15) is 47.8 Å². The number of allylic oxidation sites excluding steroid dienone is 1. The highest BCUT2D eigenvalue weighted by molar-refractivity contribution is 5.97. The van der Waals surface area contributed by atoms with Gasteiger partial charge >= 0.3 is 12.1 Å². The molecule has 0 bridgehead atoms. The van der Waals surface area contributed by atoms with Gasteiger partial charge in [-0.2, -0.15) is 0 Å². The van der Waals surface area contributed by atoms with E-state index in [9.17, 15) is 14.4 Å². The standard InChI is InChI=1S/C31H37N3O6/c1-31(2,3)40-30(37)32-21-27(29(36)38-4)33-28(35)26-15-13-24(14-16-26)8-6-5-7-23-9-11-25(12-10-23)22-34-17-19-39-20-18-34/h5,7,9-16,27H,17-22H2,1-4H3,(H,32,37)(H,33,35)/b7-5-/t27-/m0/s1. The summed E-state index contributed by atoms with van der Waals surface area (Å²) in [7, 11) is 1.21. The molecule has 2 N–H and O–H groups in total. The summed E-state index contributed by atoms with van der Waals surface area (Å²) >= 11 is 0. The van der Waals surface area contributed by atoms with Crippen molar-refractivity contribution < 1.29 is 28.6 Å². The molecule has 0 saturated carbocycles. The minimum atomic E-state index is -1.08. The van der Waals surface area contributed by atoms with E-state index in [4.69, 9.17) is 14.2 Å². The van der Waals surface area contributed by atoms with E-state index in [1.807, 2.05) is 6.08 Å². The van der Waals surface area contributed by atoms with Crippen molar-refractivity contribution in [3.05, 3.63) is 76.9 Å². The molecule has 0 unspecified atom stereocenters. The van der Waals surface area contributed by atoms with E-state index >= 15 is 0 Å². The van der Waals surface area contributed by atoms with E-state index in [0.29, 0.717) is 5.56 Å². The summed E-state index contributed by atoms with van der Waals surface area (Å²) in [6.45, 7) is 9.43. The number of esters is 1. The van der Waals surface area contributed by atoms with Gasteiger partial charge in [-0.1, -0.05) is 36.1 Å². The van der Waals surface area contributed by atoms with Gasteiger partial charge in [0.1, 0.15) is 11.6 Å². The van der Waals surface area contributed by atoms with Gasteiger partial charge < -0.3 is 24.8 Å². The zero-order chi connectivity index (χ0) is 29.0. The van der Waals surface area contributed by atoms with Crippen molar-refractivity contribution in [1.29, 1.82) is 0 Å². The van der Waals surface area contributed by atoms with E-state index in [1.54, 1.807) is 51.1 Å². The molecule has 212 valence electrons. The van der Waals surface area contributed by atoms with Crippen LogP contribution in [0.15, 0.2) is 54.6 Å². The molecule has 2 amide bonds. The lowest BCUT2D eigenvalue weighted by Gasteiger charge is -2.26. The molecule has 1 saturated heterocycles. The van der Waals surface area contributed by atoms with Gasteiger partial charge in [0.05, 0.1) is 26.9 Å². The van der Waals surface area contributed by atoms with Gasteiger partial charge in [0, 0.05) is 30.8 Å². The Balaban J connectivity index is 1.51. The van der Waals surface area contributed by atoms with Crippen LogP contribution in [0.5, 0.6) is 0 Å². The first-order valence-electron chi connectivity index (χ1n) is 13.2. The molecule has 0 radical (unpaired) electrons. The number of alkyl carbamates (subject to hydrolysis) is 1. The molecule has 0 aliphatic carbocycles. The van der Waals surface area contributed by atoms with E-state index in [1.165, 1.54) is 12.7 Å². The minimum absolute atomic E-state index is 0.181. The molecule has 1 aliphatic rings. The lowest BCUT2D eigenvalue weighted by atomic mass is 10.1. The van der Waals surface area contributed by atoms with Crippen LogP contribution >= 0.6 is 0 Å². The van der Waals surface area contributed by atoms with Crippen LogP contribution in [0.3, 0.4) is 0 Å². The molecule has 1 atom stereocenters. The minimum Gasteiger partial charge on any atom is -0.467 e. The van der Waals surface area contributed by atoms with E-state index in [-0.39, 0.29) is 6.54 Å². The zero-order valence-electron chi connectivity index (χ0n) is 23.5. The van der Waals surface area contributed by atoms with Gasteiger partial charge in [0.15, 0.2) is 0 Å². The van der Waals surface area contributed by atoms with Crippen LogP contribution < -0.4 is 10.6 Å². The Labute approximate surface area is 235 Å².